The van der Waals surface area contributed by atoms with Gasteiger partial charge in [-0.1, -0.05) is 11.6 Å². The Kier molecular flexibility index (Phi) is 3.28. The van der Waals surface area contributed by atoms with Crippen LogP contribution in [0, 0.1) is 17.2 Å². The number of halogens is 5. The average molecular weight is 319 g/mol. The smallest absolute Gasteiger partial charge is 0.362 e. The fourth-order valence-electron chi connectivity index (χ4n) is 3.20. The summed E-state index contributed by atoms with van der Waals surface area (Å²) in [6.45, 7) is 0. The van der Waals surface area contributed by atoms with Gasteiger partial charge in [0, 0.05) is 17.6 Å². The molecule has 2 fully saturated rings. The van der Waals surface area contributed by atoms with Gasteiger partial charge in [0.25, 0.3) is 0 Å². The Morgan fingerprint density at radius 2 is 2.10 bits per heavy atom. The first-order valence-electron chi connectivity index (χ1n) is 6.50. The fraction of sp³-hybridized carbons (Fsp3) is 0.500. The van der Waals surface area contributed by atoms with Crippen LogP contribution in [0.1, 0.15) is 18.4 Å². The molecule has 1 saturated carbocycles. The van der Waals surface area contributed by atoms with E-state index >= 15 is 0 Å². The van der Waals surface area contributed by atoms with E-state index in [1.807, 2.05) is 6.07 Å². The number of anilines is 1. The summed E-state index contributed by atoms with van der Waals surface area (Å²) in [5, 5.41) is 8.99. The second-order valence-electron chi connectivity index (χ2n) is 5.49. The van der Waals surface area contributed by atoms with E-state index in [1.54, 1.807) is 0 Å². The Bertz CT molecular complexity index is 610. The molecule has 21 heavy (non-hydrogen) atoms. The van der Waals surface area contributed by atoms with Gasteiger partial charge < -0.3 is 4.90 Å². The molecule has 2 aliphatic rings. The zero-order valence-electron chi connectivity index (χ0n) is 10.7. The summed E-state index contributed by atoms with van der Waals surface area (Å²) in [6.07, 6.45) is -6.14. The maximum Gasteiger partial charge on any atom is 0.391 e. The van der Waals surface area contributed by atoms with Crippen molar-refractivity contribution in [2.45, 2.75) is 37.3 Å². The van der Waals surface area contributed by atoms with Crippen LogP contribution >= 0.6 is 11.6 Å². The quantitative estimate of drug-likeness (QED) is 0.768. The minimum absolute atomic E-state index is 0.167. The van der Waals surface area contributed by atoms with E-state index in [2.05, 4.69) is 0 Å². The van der Waals surface area contributed by atoms with Crippen LogP contribution in [-0.2, 0) is 0 Å². The summed E-state index contributed by atoms with van der Waals surface area (Å²) in [5.74, 6) is -0.327. The van der Waals surface area contributed by atoms with Crippen molar-refractivity contribution in [1.29, 1.82) is 5.26 Å². The third kappa shape index (κ3) is 2.55. The standard InChI is InChI=1S/C14H11ClF4N2/c15-11-4-8(2-1-7(11)6-20)21-9(5-14(17,18)19)3-10-12(16)13(10)21/h1-2,4,9-10,12-13H,3,5H2/t9-,10-,12?,13-/m1/s1. The molecule has 1 saturated heterocycles. The van der Waals surface area contributed by atoms with Crippen LogP contribution in [-0.4, -0.2) is 24.4 Å². The molecule has 7 heteroatoms. The van der Waals surface area contributed by atoms with Crippen LogP contribution in [0.5, 0.6) is 0 Å². The molecule has 0 N–H and O–H groups in total. The molecule has 1 aliphatic heterocycles. The number of benzene rings is 1. The molecule has 1 aromatic rings. The molecule has 0 amide bonds. The number of alkyl halides is 4. The van der Waals surface area contributed by atoms with E-state index in [0.717, 1.165) is 0 Å². The Morgan fingerprint density at radius 3 is 2.67 bits per heavy atom. The van der Waals surface area contributed by atoms with E-state index in [0.29, 0.717) is 5.69 Å². The lowest BCUT2D eigenvalue weighted by Crippen LogP contribution is -2.38. The van der Waals surface area contributed by atoms with Gasteiger partial charge in [0.05, 0.1) is 23.0 Å². The molecule has 0 radical (unpaired) electrons. The zero-order valence-corrected chi connectivity index (χ0v) is 11.5. The zero-order chi connectivity index (χ0) is 15.4. The predicted molar refractivity (Wildman–Crippen MR) is 69.9 cm³/mol. The van der Waals surface area contributed by atoms with Gasteiger partial charge in [-0.3, -0.25) is 0 Å². The Morgan fingerprint density at radius 1 is 1.38 bits per heavy atom. The lowest BCUT2D eigenvalue weighted by molar-refractivity contribution is -0.138. The van der Waals surface area contributed by atoms with Gasteiger partial charge in [0.2, 0.25) is 0 Å². The van der Waals surface area contributed by atoms with Crippen molar-refractivity contribution in [3.8, 4) is 6.07 Å². The maximum absolute atomic E-state index is 13.6. The van der Waals surface area contributed by atoms with Crippen LogP contribution in [0.25, 0.3) is 0 Å². The highest BCUT2D eigenvalue weighted by atomic mass is 35.5. The Hall–Kier alpha value is -1.48. The molecule has 4 atom stereocenters. The fourth-order valence-corrected chi connectivity index (χ4v) is 3.42. The molecule has 112 valence electrons. The number of fused-ring (bicyclic) bond motifs is 1. The average Bonchev–Trinajstić information content (AvgIpc) is 2.83. The van der Waals surface area contributed by atoms with Crippen LogP contribution in [0.2, 0.25) is 5.02 Å². The monoisotopic (exact) mass is 318 g/mol. The number of hydrogen-bond acceptors (Lipinski definition) is 2. The molecule has 1 aromatic carbocycles. The second kappa shape index (κ2) is 4.77. The van der Waals surface area contributed by atoms with Crippen LogP contribution in [0.15, 0.2) is 18.2 Å². The predicted octanol–water partition coefficient (Wildman–Crippen LogP) is 4.08. The van der Waals surface area contributed by atoms with Crippen molar-refractivity contribution < 1.29 is 17.6 Å². The first-order valence-corrected chi connectivity index (χ1v) is 6.88. The largest absolute Gasteiger partial charge is 0.391 e. The lowest BCUT2D eigenvalue weighted by Gasteiger charge is -2.31. The summed E-state index contributed by atoms with van der Waals surface area (Å²) in [6, 6.07) is 5.04. The summed E-state index contributed by atoms with van der Waals surface area (Å²) < 4.78 is 51.5. The number of rotatable bonds is 2. The van der Waals surface area contributed by atoms with E-state index in [9.17, 15) is 17.6 Å². The maximum atomic E-state index is 13.6. The molecule has 1 unspecified atom stereocenters. The molecule has 1 aliphatic carbocycles. The van der Waals surface area contributed by atoms with Crippen molar-refractivity contribution in [3.05, 3.63) is 28.8 Å². The van der Waals surface area contributed by atoms with Gasteiger partial charge >= 0.3 is 6.18 Å². The van der Waals surface area contributed by atoms with Crippen LogP contribution in [0.3, 0.4) is 0 Å². The minimum Gasteiger partial charge on any atom is -0.362 e. The summed E-state index contributed by atoms with van der Waals surface area (Å²) in [7, 11) is 0. The molecule has 3 rings (SSSR count). The summed E-state index contributed by atoms with van der Waals surface area (Å²) in [4.78, 5) is 1.48. The van der Waals surface area contributed by atoms with Gasteiger partial charge in [-0.2, -0.15) is 18.4 Å². The van der Waals surface area contributed by atoms with E-state index in [4.69, 9.17) is 16.9 Å². The number of piperidine rings is 1. The first-order chi connectivity index (χ1) is 9.81. The van der Waals surface area contributed by atoms with Crippen LogP contribution in [0.4, 0.5) is 23.2 Å². The first kappa shape index (κ1) is 14.5. The highest BCUT2D eigenvalue weighted by Gasteiger charge is 2.63. The van der Waals surface area contributed by atoms with Gasteiger partial charge in [-0.25, -0.2) is 4.39 Å². The number of nitrogens with zero attached hydrogens (tertiary/aromatic N) is 2. The van der Waals surface area contributed by atoms with Crippen LogP contribution < -0.4 is 4.90 Å². The van der Waals surface area contributed by atoms with Crippen molar-refractivity contribution in [2.24, 2.45) is 5.92 Å². The molecule has 0 spiro atoms. The van der Waals surface area contributed by atoms with E-state index in [-0.39, 0.29) is 22.9 Å². The Balaban J connectivity index is 1.90. The normalized spacial score (nSPS) is 31.0. The molecule has 0 aromatic heterocycles. The SMILES string of the molecule is N#Cc1ccc(N2[C@@H](CC(F)(F)F)C[C@@H]3C(F)[C@@H]32)cc1Cl. The summed E-state index contributed by atoms with van der Waals surface area (Å²) in [5.41, 5.74) is 0.692. The third-order valence-electron chi connectivity index (χ3n) is 4.13. The van der Waals surface area contributed by atoms with Crippen molar-refractivity contribution in [1.82, 2.24) is 0 Å². The van der Waals surface area contributed by atoms with E-state index in [1.165, 1.54) is 23.1 Å². The minimum atomic E-state index is -4.29. The van der Waals surface area contributed by atoms with Gasteiger partial charge in [0.1, 0.15) is 12.2 Å². The van der Waals surface area contributed by atoms with Crippen molar-refractivity contribution in [3.63, 3.8) is 0 Å². The molecule has 0 bridgehead atoms. The number of hydrogen-bond donors (Lipinski definition) is 0. The summed E-state index contributed by atoms with van der Waals surface area (Å²) >= 11 is 5.92. The molecule has 1 heterocycles. The van der Waals surface area contributed by atoms with Crippen molar-refractivity contribution in [2.75, 3.05) is 4.90 Å². The molecule has 2 nitrogen and oxygen atoms in total. The van der Waals surface area contributed by atoms with Gasteiger partial charge in [-0.15, -0.1) is 0 Å². The Labute approximate surface area is 123 Å². The van der Waals surface area contributed by atoms with Gasteiger partial charge in [-0.05, 0) is 24.6 Å². The second-order valence-corrected chi connectivity index (χ2v) is 5.90. The molecular formula is C14H11ClF4N2. The van der Waals surface area contributed by atoms with E-state index < -0.39 is 30.9 Å². The molecular weight excluding hydrogens is 308 g/mol. The lowest BCUT2D eigenvalue weighted by atomic mass is 10.1. The topological polar surface area (TPSA) is 27.0 Å². The highest BCUT2D eigenvalue weighted by Crippen LogP contribution is 2.53. The van der Waals surface area contributed by atoms with Crippen molar-refractivity contribution >= 4 is 17.3 Å². The number of nitriles is 1. The highest BCUT2D eigenvalue weighted by molar-refractivity contribution is 6.32. The van der Waals surface area contributed by atoms with Gasteiger partial charge in [0.15, 0.2) is 0 Å². The third-order valence-corrected chi connectivity index (χ3v) is 4.44.